The molecule has 0 saturated carbocycles. The molecule has 20 heavy (non-hydrogen) atoms. The quantitative estimate of drug-likeness (QED) is 0.390. The number of alkyl halides is 1. The van der Waals surface area contributed by atoms with Gasteiger partial charge in [-0.2, -0.15) is 0 Å². The summed E-state index contributed by atoms with van der Waals surface area (Å²) in [6.07, 6.45) is 2.32. The van der Waals surface area contributed by atoms with Gasteiger partial charge in [-0.1, -0.05) is 77.2 Å². The second-order valence-corrected chi connectivity index (χ2v) is 6.20. The van der Waals surface area contributed by atoms with Crippen LogP contribution in [0.3, 0.4) is 0 Å². The Balaban J connectivity index is 2.00. The summed E-state index contributed by atoms with van der Waals surface area (Å²) in [6.45, 7) is 0. The van der Waals surface area contributed by atoms with Crippen LogP contribution in [0.2, 0.25) is 0 Å². The fourth-order valence-corrected chi connectivity index (χ4v) is 3.78. The molecule has 98 valence electrons. The van der Waals surface area contributed by atoms with Gasteiger partial charge in [0.2, 0.25) is 0 Å². The smallest absolute Gasteiger partial charge is 0.0247 e. The van der Waals surface area contributed by atoms with Crippen LogP contribution in [0.4, 0.5) is 0 Å². The van der Waals surface area contributed by atoms with Crippen molar-refractivity contribution in [2.75, 3.05) is 0 Å². The standard InChI is InChI=1S/C19H15I/c20-12-13-5-8-17-15(11-13)7-10-18-16-4-2-1-3-14(16)6-9-19(17)18/h1-5,7-8,10-11H,6,9,12H2. The molecule has 4 rings (SSSR count). The van der Waals surface area contributed by atoms with Crippen LogP contribution in [0.1, 0.15) is 16.7 Å². The molecule has 1 aliphatic carbocycles. The van der Waals surface area contributed by atoms with Gasteiger partial charge in [0.25, 0.3) is 0 Å². The minimum atomic E-state index is 1.08. The Bertz CT molecular complexity index is 802. The number of hydrogen-bond acceptors (Lipinski definition) is 0. The number of fused-ring (bicyclic) bond motifs is 5. The van der Waals surface area contributed by atoms with Gasteiger partial charge in [0, 0.05) is 4.43 Å². The summed E-state index contributed by atoms with van der Waals surface area (Å²) in [6, 6.07) is 20.3. The molecule has 0 N–H and O–H groups in total. The fourth-order valence-electron chi connectivity index (χ4n) is 3.31. The van der Waals surface area contributed by atoms with E-state index in [9.17, 15) is 0 Å². The molecule has 0 amide bonds. The first-order valence-corrected chi connectivity index (χ1v) is 8.58. The maximum atomic E-state index is 2.43. The Morgan fingerprint density at radius 1 is 0.850 bits per heavy atom. The van der Waals surface area contributed by atoms with Crippen LogP contribution in [0.5, 0.6) is 0 Å². The van der Waals surface area contributed by atoms with Crippen molar-refractivity contribution >= 4 is 33.4 Å². The normalized spacial score (nSPS) is 13.1. The average Bonchev–Trinajstić information content (AvgIpc) is 2.53. The van der Waals surface area contributed by atoms with E-state index in [1.165, 1.54) is 38.6 Å². The predicted octanol–water partition coefficient (Wildman–Crippen LogP) is 5.54. The van der Waals surface area contributed by atoms with Gasteiger partial charge in [-0.25, -0.2) is 0 Å². The molecule has 3 aromatic carbocycles. The van der Waals surface area contributed by atoms with E-state index in [0.717, 1.165) is 17.3 Å². The van der Waals surface area contributed by atoms with Crippen molar-refractivity contribution in [3.05, 3.63) is 71.3 Å². The molecule has 0 atom stereocenters. The average molecular weight is 370 g/mol. The van der Waals surface area contributed by atoms with Gasteiger partial charge >= 0.3 is 0 Å². The molecule has 3 aromatic rings. The van der Waals surface area contributed by atoms with Crippen LogP contribution in [-0.2, 0) is 17.3 Å². The van der Waals surface area contributed by atoms with Crippen molar-refractivity contribution < 1.29 is 0 Å². The largest absolute Gasteiger partial charge is 0.0812 e. The van der Waals surface area contributed by atoms with Gasteiger partial charge in [0.15, 0.2) is 0 Å². The first-order chi connectivity index (χ1) is 9.86. The highest BCUT2D eigenvalue weighted by atomic mass is 127. The van der Waals surface area contributed by atoms with Gasteiger partial charge in [-0.15, -0.1) is 0 Å². The molecule has 0 spiro atoms. The van der Waals surface area contributed by atoms with Crippen LogP contribution in [-0.4, -0.2) is 0 Å². The second kappa shape index (κ2) is 4.88. The van der Waals surface area contributed by atoms with Gasteiger partial charge in [0.05, 0.1) is 0 Å². The molecule has 0 nitrogen and oxygen atoms in total. The third kappa shape index (κ3) is 1.87. The summed E-state index contributed by atoms with van der Waals surface area (Å²) >= 11 is 2.43. The van der Waals surface area contributed by atoms with E-state index in [2.05, 4.69) is 77.2 Å². The van der Waals surface area contributed by atoms with Crippen molar-refractivity contribution in [2.45, 2.75) is 17.3 Å². The predicted molar refractivity (Wildman–Crippen MR) is 94.5 cm³/mol. The van der Waals surface area contributed by atoms with Gasteiger partial charge in [-0.05, 0) is 51.4 Å². The van der Waals surface area contributed by atoms with Crippen molar-refractivity contribution in [3.8, 4) is 11.1 Å². The number of hydrogen-bond donors (Lipinski definition) is 0. The van der Waals surface area contributed by atoms with Crippen LogP contribution in [0.25, 0.3) is 21.9 Å². The molecule has 0 saturated heterocycles. The highest BCUT2D eigenvalue weighted by molar-refractivity contribution is 14.1. The molecule has 0 aromatic heterocycles. The zero-order valence-corrected chi connectivity index (χ0v) is 13.4. The SMILES string of the molecule is ICc1ccc2c3c(ccc2c1)-c1ccccc1CC3. The van der Waals surface area contributed by atoms with E-state index in [1.807, 2.05) is 0 Å². The Morgan fingerprint density at radius 2 is 1.75 bits per heavy atom. The summed E-state index contributed by atoms with van der Waals surface area (Å²) in [5.41, 5.74) is 7.29. The lowest BCUT2D eigenvalue weighted by Crippen LogP contribution is -2.04. The summed E-state index contributed by atoms with van der Waals surface area (Å²) in [5, 5.41) is 2.82. The summed E-state index contributed by atoms with van der Waals surface area (Å²) < 4.78 is 1.08. The van der Waals surface area contributed by atoms with Gasteiger partial charge in [0.1, 0.15) is 0 Å². The molecule has 1 heteroatoms. The van der Waals surface area contributed by atoms with Crippen molar-refractivity contribution in [1.82, 2.24) is 0 Å². The highest BCUT2D eigenvalue weighted by Gasteiger charge is 2.17. The molecular weight excluding hydrogens is 355 g/mol. The summed E-state index contributed by atoms with van der Waals surface area (Å²) in [4.78, 5) is 0. The van der Waals surface area contributed by atoms with Gasteiger partial charge in [-0.3, -0.25) is 0 Å². The zero-order valence-electron chi connectivity index (χ0n) is 11.2. The van der Waals surface area contributed by atoms with Crippen molar-refractivity contribution in [1.29, 1.82) is 0 Å². The minimum absolute atomic E-state index is 1.08. The Morgan fingerprint density at radius 3 is 2.65 bits per heavy atom. The fraction of sp³-hybridized carbons (Fsp3) is 0.158. The van der Waals surface area contributed by atoms with Crippen molar-refractivity contribution in [3.63, 3.8) is 0 Å². The maximum Gasteiger partial charge on any atom is 0.0247 e. The number of benzene rings is 3. The van der Waals surface area contributed by atoms with Crippen LogP contribution in [0.15, 0.2) is 54.6 Å². The zero-order chi connectivity index (χ0) is 13.5. The van der Waals surface area contributed by atoms with E-state index in [0.29, 0.717) is 0 Å². The topological polar surface area (TPSA) is 0 Å². The minimum Gasteiger partial charge on any atom is -0.0812 e. The Kier molecular flexibility index (Phi) is 3.03. The molecule has 0 fully saturated rings. The third-order valence-corrected chi connectivity index (χ3v) is 5.18. The van der Waals surface area contributed by atoms with E-state index < -0.39 is 0 Å². The lowest BCUT2D eigenvalue weighted by molar-refractivity contribution is 0.951. The lowest BCUT2D eigenvalue weighted by Gasteiger charge is -2.21. The summed E-state index contributed by atoms with van der Waals surface area (Å²) in [7, 11) is 0. The molecular formula is C19H15I. The first-order valence-electron chi connectivity index (χ1n) is 7.05. The first kappa shape index (κ1) is 12.4. The van der Waals surface area contributed by atoms with Crippen molar-refractivity contribution in [2.24, 2.45) is 0 Å². The van der Waals surface area contributed by atoms with Gasteiger partial charge < -0.3 is 0 Å². The number of aryl methyl sites for hydroxylation is 2. The van der Waals surface area contributed by atoms with E-state index in [1.54, 1.807) is 0 Å². The third-order valence-electron chi connectivity index (χ3n) is 4.30. The molecule has 0 heterocycles. The van der Waals surface area contributed by atoms with E-state index in [4.69, 9.17) is 0 Å². The summed E-state index contributed by atoms with van der Waals surface area (Å²) in [5.74, 6) is 0. The molecule has 0 radical (unpaired) electrons. The lowest BCUT2D eigenvalue weighted by atomic mass is 9.83. The monoisotopic (exact) mass is 370 g/mol. The molecule has 0 unspecified atom stereocenters. The Labute approximate surface area is 133 Å². The maximum absolute atomic E-state index is 2.43. The Hall–Kier alpha value is -1.35. The van der Waals surface area contributed by atoms with E-state index in [-0.39, 0.29) is 0 Å². The number of halogens is 1. The van der Waals surface area contributed by atoms with Crippen LogP contribution < -0.4 is 0 Å². The van der Waals surface area contributed by atoms with E-state index >= 15 is 0 Å². The molecule has 0 bridgehead atoms. The molecule has 0 aliphatic heterocycles. The second-order valence-electron chi connectivity index (χ2n) is 5.44. The van der Waals surface area contributed by atoms with Crippen LogP contribution in [0, 0.1) is 0 Å². The molecule has 1 aliphatic rings. The van der Waals surface area contributed by atoms with Crippen LogP contribution >= 0.6 is 22.6 Å². The highest BCUT2D eigenvalue weighted by Crippen LogP contribution is 2.37. The number of rotatable bonds is 1.